The van der Waals surface area contributed by atoms with Crippen molar-refractivity contribution in [3.05, 3.63) is 65.2 Å². The van der Waals surface area contributed by atoms with Gasteiger partial charge in [0.05, 0.1) is 0 Å². The van der Waals surface area contributed by atoms with Crippen molar-refractivity contribution >= 4 is 11.6 Å². The Bertz CT molecular complexity index is 703. The number of benzene rings is 2. The van der Waals surface area contributed by atoms with E-state index in [-0.39, 0.29) is 5.91 Å². The third kappa shape index (κ3) is 5.07. The number of hydrogen-bond acceptors (Lipinski definition) is 3. The Labute approximate surface area is 150 Å². The molecule has 0 saturated carbocycles. The lowest BCUT2D eigenvalue weighted by molar-refractivity contribution is 0.0951. The lowest BCUT2D eigenvalue weighted by atomic mass is 9.99. The second-order valence-electron chi connectivity index (χ2n) is 7.08. The number of likely N-dealkylation sites (tertiary alicyclic amines) is 1. The van der Waals surface area contributed by atoms with Crippen LogP contribution in [0.15, 0.2) is 48.5 Å². The normalized spacial score (nSPS) is 15.9. The van der Waals surface area contributed by atoms with E-state index in [9.17, 15) is 4.79 Å². The molecule has 4 nitrogen and oxygen atoms in total. The van der Waals surface area contributed by atoms with Crippen LogP contribution in [0.4, 0.5) is 5.69 Å². The van der Waals surface area contributed by atoms with Gasteiger partial charge in [0.1, 0.15) is 0 Å². The highest BCUT2D eigenvalue weighted by molar-refractivity contribution is 5.94. The smallest absolute Gasteiger partial charge is 0.251 e. The van der Waals surface area contributed by atoms with E-state index >= 15 is 0 Å². The summed E-state index contributed by atoms with van der Waals surface area (Å²) in [6.07, 6.45) is 2.60. The SMILES string of the molecule is CC1CCN(Cc2ccc(CNC(=O)c3cccc(N)c3)cc2)CC1. The van der Waals surface area contributed by atoms with Crippen molar-refractivity contribution in [3.63, 3.8) is 0 Å². The zero-order valence-electron chi connectivity index (χ0n) is 14.9. The highest BCUT2D eigenvalue weighted by Crippen LogP contribution is 2.18. The molecule has 0 aromatic heterocycles. The summed E-state index contributed by atoms with van der Waals surface area (Å²) in [4.78, 5) is 14.7. The van der Waals surface area contributed by atoms with Crippen molar-refractivity contribution in [2.45, 2.75) is 32.9 Å². The molecule has 1 fully saturated rings. The minimum atomic E-state index is -0.0983. The Kier molecular flexibility index (Phi) is 5.71. The summed E-state index contributed by atoms with van der Waals surface area (Å²) in [6, 6.07) is 15.6. The van der Waals surface area contributed by atoms with Gasteiger partial charge in [-0.15, -0.1) is 0 Å². The fourth-order valence-electron chi connectivity index (χ4n) is 3.21. The van der Waals surface area contributed by atoms with Crippen LogP contribution in [0.1, 0.15) is 41.3 Å². The third-order valence-electron chi connectivity index (χ3n) is 4.91. The fraction of sp³-hybridized carbons (Fsp3) is 0.381. The summed E-state index contributed by atoms with van der Waals surface area (Å²) >= 11 is 0. The Hall–Kier alpha value is -2.33. The van der Waals surface area contributed by atoms with Crippen LogP contribution in [0.2, 0.25) is 0 Å². The molecule has 1 aliphatic rings. The van der Waals surface area contributed by atoms with Gasteiger partial charge in [-0.05, 0) is 61.2 Å². The highest BCUT2D eigenvalue weighted by Gasteiger charge is 2.15. The zero-order valence-corrected chi connectivity index (χ0v) is 14.9. The van der Waals surface area contributed by atoms with E-state index in [1.54, 1.807) is 24.3 Å². The molecule has 0 bridgehead atoms. The van der Waals surface area contributed by atoms with Gasteiger partial charge in [0.15, 0.2) is 0 Å². The largest absolute Gasteiger partial charge is 0.399 e. The van der Waals surface area contributed by atoms with E-state index in [4.69, 9.17) is 5.73 Å². The number of amides is 1. The number of nitrogens with one attached hydrogen (secondary N) is 1. The van der Waals surface area contributed by atoms with Crippen molar-refractivity contribution in [2.24, 2.45) is 5.92 Å². The number of nitrogen functional groups attached to an aromatic ring is 1. The van der Waals surface area contributed by atoms with Crippen LogP contribution >= 0.6 is 0 Å². The number of carbonyl (C=O) groups excluding carboxylic acids is 1. The maximum atomic E-state index is 12.2. The molecule has 4 heteroatoms. The van der Waals surface area contributed by atoms with Crippen LogP contribution in [0, 0.1) is 5.92 Å². The first-order valence-electron chi connectivity index (χ1n) is 9.04. The number of anilines is 1. The lowest BCUT2D eigenvalue weighted by Gasteiger charge is -2.30. The van der Waals surface area contributed by atoms with Crippen molar-refractivity contribution in [2.75, 3.05) is 18.8 Å². The van der Waals surface area contributed by atoms with Gasteiger partial charge in [0.2, 0.25) is 0 Å². The predicted molar refractivity (Wildman–Crippen MR) is 102 cm³/mol. The van der Waals surface area contributed by atoms with E-state index < -0.39 is 0 Å². The first-order chi connectivity index (χ1) is 12.1. The zero-order chi connectivity index (χ0) is 17.6. The van der Waals surface area contributed by atoms with Gasteiger partial charge < -0.3 is 11.1 Å². The molecule has 0 atom stereocenters. The topological polar surface area (TPSA) is 58.4 Å². The van der Waals surface area contributed by atoms with E-state index in [0.717, 1.165) is 18.0 Å². The van der Waals surface area contributed by atoms with Gasteiger partial charge in [0.25, 0.3) is 5.91 Å². The van der Waals surface area contributed by atoms with Crippen LogP contribution in [-0.4, -0.2) is 23.9 Å². The van der Waals surface area contributed by atoms with E-state index in [0.29, 0.717) is 17.8 Å². The molecule has 0 spiro atoms. The van der Waals surface area contributed by atoms with E-state index in [2.05, 4.69) is 41.4 Å². The molecule has 2 aromatic rings. The Morgan fingerprint density at radius 3 is 2.48 bits per heavy atom. The van der Waals surface area contributed by atoms with Crippen molar-refractivity contribution in [1.82, 2.24) is 10.2 Å². The van der Waals surface area contributed by atoms with E-state index in [1.807, 2.05) is 0 Å². The first kappa shape index (κ1) is 17.5. The average molecular weight is 337 g/mol. The Balaban J connectivity index is 1.50. The second-order valence-corrected chi connectivity index (χ2v) is 7.08. The molecule has 1 amide bonds. The molecular weight excluding hydrogens is 310 g/mol. The monoisotopic (exact) mass is 337 g/mol. The predicted octanol–water partition coefficient (Wildman–Crippen LogP) is 3.43. The van der Waals surface area contributed by atoms with Gasteiger partial charge >= 0.3 is 0 Å². The molecule has 2 aromatic carbocycles. The third-order valence-corrected chi connectivity index (χ3v) is 4.91. The summed E-state index contributed by atoms with van der Waals surface area (Å²) in [5, 5.41) is 2.94. The standard InChI is InChI=1S/C21H27N3O/c1-16-9-11-24(12-10-16)15-18-7-5-17(6-8-18)14-23-21(25)19-3-2-4-20(22)13-19/h2-8,13,16H,9-12,14-15,22H2,1H3,(H,23,25). The molecule has 3 rings (SSSR count). The number of nitrogens with zero attached hydrogens (tertiary/aromatic N) is 1. The van der Waals surface area contributed by atoms with Gasteiger partial charge in [-0.25, -0.2) is 0 Å². The summed E-state index contributed by atoms with van der Waals surface area (Å²) in [6.45, 7) is 6.26. The van der Waals surface area contributed by atoms with Gasteiger partial charge in [0, 0.05) is 24.3 Å². The van der Waals surface area contributed by atoms with Crippen LogP contribution in [0.3, 0.4) is 0 Å². The summed E-state index contributed by atoms with van der Waals surface area (Å²) < 4.78 is 0. The summed E-state index contributed by atoms with van der Waals surface area (Å²) in [7, 11) is 0. The molecule has 3 N–H and O–H groups in total. The van der Waals surface area contributed by atoms with E-state index in [1.165, 1.54) is 31.5 Å². The lowest BCUT2D eigenvalue weighted by Crippen LogP contribution is -2.32. The molecule has 25 heavy (non-hydrogen) atoms. The second kappa shape index (κ2) is 8.17. The molecule has 1 aliphatic heterocycles. The summed E-state index contributed by atoms with van der Waals surface area (Å²) in [5.41, 5.74) is 9.35. The van der Waals surface area contributed by atoms with Crippen molar-refractivity contribution < 1.29 is 4.79 Å². The van der Waals surface area contributed by atoms with Crippen molar-refractivity contribution in [1.29, 1.82) is 0 Å². The number of rotatable bonds is 5. The quantitative estimate of drug-likeness (QED) is 0.822. The fourth-order valence-corrected chi connectivity index (χ4v) is 3.21. The number of piperidine rings is 1. The van der Waals surface area contributed by atoms with Crippen LogP contribution < -0.4 is 11.1 Å². The van der Waals surface area contributed by atoms with Gasteiger partial charge in [-0.3, -0.25) is 9.69 Å². The molecule has 1 saturated heterocycles. The maximum absolute atomic E-state index is 12.2. The summed E-state index contributed by atoms with van der Waals surface area (Å²) in [5.74, 6) is 0.765. The molecule has 0 radical (unpaired) electrons. The molecule has 1 heterocycles. The average Bonchev–Trinajstić information content (AvgIpc) is 2.63. The van der Waals surface area contributed by atoms with Crippen molar-refractivity contribution in [3.8, 4) is 0 Å². The molecule has 0 unspecified atom stereocenters. The minimum Gasteiger partial charge on any atom is -0.399 e. The van der Waals surface area contributed by atoms with Gasteiger partial charge in [-0.1, -0.05) is 37.3 Å². The molecular formula is C21H27N3O. The first-order valence-corrected chi connectivity index (χ1v) is 9.04. The van der Waals surface area contributed by atoms with Gasteiger partial charge in [-0.2, -0.15) is 0 Å². The molecule has 132 valence electrons. The van der Waals surface area contributed by atoms with Crippen LogP contribution in [0.5, 0.6) is 0 Å². The minimum absolute atomic E-state index is 0.0983. The molecule has 0 aliphatic carbocycles. The Morgan fingerprint density at radius 2 is 1.80 bits per heavy atom. The highest BCUT2D eigenvalue weighted by atomic mass is 16.1. The number of nitrogens with two attached hydrogens (primary N) is 1. The number of hydrogen-bond donors (Lipinski definition) is 2. The number of carbonyl (C=O) groups is 1. The maximum Gasteiger partial charge on any atom is 0.251 e. The van der Waals surface area contributed by atoms with Crippen LogP contribution in [0.25, 0.3) is 0 Å². The Morgan fingerprint density at radius 1 is 1.12 bits per heavy atom. The van der Waals surface area contributed by atoms with Crippen LogP contribution in [-0.2, 0) is 13.1 Å².